The third-order valence-electron chi connectivity index (χ3n) is 3.28. The summed E-state index contributed by atoms with van der Waals surface area (Å²) in [5.74, 6) is 0.537. The lowest BCUT2D eigenvalue weighted by molar-refractivity contribution is 0.0595. The Balaban J connectivity index is 1.91. The normalized spacial score (nSPS) is 20.2. The number of ether oxygens (including phenoxy) is 1. The lowest BCUT2D eigenvalue weighted by Crippen LogP contribution is -2.24. The molecule has 0 bridgehead atoms. The van der Waals surface area contributed by atoms with E-state index in [2.05, 4.69) is 10.0 Å². The van der Waals surface area contributed by atoms with Crippen LogP contribution in [-0.4, -0.2) is 35.2 Å². The monoisotopic (exact) mass is 284 g/mol. The SMILES string of the molecule is CNS(=O)(=O)c1ccc(NCC2CCCOC2)cc1. The molecule has 19 heavy (non-hydrogen) atoms. The maximum Gasteiger partial charge on any atom is 0.240 e. The van der Waals surface area contributed by atoms with Crippen LogP contribution in [-0.2, 0) is 14.8 Å². The molecule has 1 fully saturated rings. The fourth-order valence-electron chi connectivity index (χ4n) is 2.10. The van der Waals surface area contributed by atoms with Gasteiger partial charge in [0.05, 0.1) is 11.5 Å². The summed E-state index contributed by atoms with van der Waals surface area (Å²) in [5, 5.41) is 3.32. The molecule has 0 aromatic heterocycles. The first-order valence-electron chi connectivity index (χ1n) is 6.47. The third kappa shape index (κ3) is 3.92. The van der Waals surface area contributed by atoms with Gasteiger partial charge in [-0.05, 0) is 50.1 Å². The van der Waals surface area contributed by atoms with Crippen molar-refractivity contribution in [3.8, 4) is 0 Å². The highest BCUT2D eigenvalue weighted by atomic mass is 32.2. The summed E-state index contributed by atoms with van der Waals surface area (Å²) in [4.78, 5) is 0.279. The minimum atomic E-state index is -3.35. The fraction of sp³-hybridized carbons (Fsp3) is 0.538. The van der Waals surface area contributed by atoms with Crippen LogP contribution >= 0.6 is 0 Å². The molecule has 1 unspecified atom stereocenters. The Morgan fingerprint density at radius 1 is 1.32 bits per heavy atom. The van der Waals surface area contributed by atoms with Crippen molar-refractivity contribution in [1.82, 2.24) is 4.72 Å². The molecule has 1 aromatic carbocycles. The first-order valence-corrected chi connectivity index (χ1v) is 7.95. The van der Waals surface area contributed by atoms with Crippen molar-refractivity contribution in [3.63, 3.8) is 0 Å². The average Bonchev–Trinajstić information content (AvgIpc) is 2.47. The largest absolute Gasteiger partial charge is 0.385 e. The van der Waals surface area contributed by atoms with Gasteiger partial charge in [-0.25, -0.2) is 13.1 Å². The Kier molecular flexibility index (Phi) is 4.79. The van der Waals surface area contributed by atoms with Crippen LogP contribution in [0.1, 0.15) is 12.8 Å². The Bertz CT molecular complexity index is 493. The minimum absolute atomic E-state index is 0.279. The molecule has 1 aliphatic heterocycles. The summed E-state index contributed by atoms with van der Waals surface area (Å²) in [6, 6.07) is 6.78. The average molecular weight is 284 g/mol. The number of nitrogens with one attached hydrogen (secondary N) is 2. The van der Waals surface area contributed by atoms with E-state index in [0.29, 0.717) is 5.92 Å². The van der Waals surface area contributed by atoms with Crippen LogP contribution in [0.3, 0.4) is 0 Å². The van der Waals surface area contributed by atoms with Crippen LogP contribution in [0.2, 0.25) is 0 Å². The maximum atomic E-state index is 11.6. The molecular weight excluding hydrogens is 264 g/mol. The first kappa shape index (κ1) is 14.3. The zero-order chi connectivity index (χ0) is 13.7. The van der Waals surface area contributed by atoms with E-state index in [1.165, 1.54) is 13.5 Å². The van der Waals surface area contributed by atoms with Gasteiger partial charge >= 0.3 is 0 Å². The van der Waals surface area contributed by atoms with Gasteiger partial charge in [0.25, 0.3) is 0 Å². The van der Waals surface area contributed by atoms with Crippen molar-refractivity contribution in [2.24, 2.45) is 5.92 Å². The van der Waals surface area contributed by atoms with Gasteiger partial charge in [-0.2, -0.15) is 0 Å². The molecule has 0 saturated carbocycles. The van der Waals surface area contributed by atoms with E-state index in [9.17, 15) is 8.42 Å². The lowest BCUT2D eigenvalue weighted by Gasteiger charge is -2.22. The molecular formula is C13H20N2O3S. The summed E-state index contributed by atoms with van der Waals surface area (Å²) >= 11 is 0. The van der Waals surface area contributed by atoms with Gasteiger partial charge in [0.1, 0.15) is 0 Å². The molecule has 5 nitrogen and oxygen atoms in total. The molecule has 2 rings (SSSR count). The van der Waals surface area contributed by atoms with E-state index < -0.39 is 10.0 Å². The predicted molar refractivity (Wildman–Crippen MR) is 74.7 cm³/mol. The first-order chi connectivity index (χ1) is 9.12. The van der Waals surface area contributed by atoms with Crippen LogP contribution in [0.15, 0.2) is 29.2 Å². The maximum absolute atomic E-state index is 11.6. The summed E-state index contributed by atoms with van der Waals surface area (Å²) < 4.78 is 30.9. The molecule has 0 amide bonds. The van der Waals surface area contributed by atoms with Crippen LogP contribution in [0.25, 0.3) is 0 Å². The van der Waals surface area contributed by atoms with Crippen molar-refractivity contribution < 1.29 is 13.2 Å². The highest BCUT2D eigenvalue weighted by Crippen LogP contribution is 2.17. The van der Waals surface area contributed by atoms with Gasteiger partial charge in [-0.1, -0.05) is 0 Å². The van der Waals surface area contributed by atoms with Crippen molar-refractivity contribution in [1.29, 1.82) is 0 Å². The molecule has 1 heterocycles. The van der Waals surface area contributed by atoms with Gasteiger partial charge < -0.3 is 10.1 Å². The van der Waals surface area contributed by atoms with Crippen molar-refractivity contribution in [2.75, 3.05) is 32.1 Å². The zero-order valence-electron chi connectivity index (χ0n) is 11.1. The summed E-state index contributed by atoms with van der Waals surface area (Å²) in [6.45, 7) is 2.53. The van der Waals surface area contributed by atoms with Crippen LogP contribution in [0, 0.1) is 5.92 Å². The summed E-state index contributed by atoms with van der Waals surface area (Å²) in [6.07, 6.45) is 2.30. The number of rotatable bonds is 5. The number of sulfonamides is 1. The molecule has 1 atom stereocenters. The number of hydrogen-bond donors (Lipinski definition) is 2. The van der Waals surface area contributed by atoms with E-state index in [1.54, 1.807) is 24.3 Å². The lowest BCUT2D eigenvalue weighted by atomic mass is 10.0. The van der Waals surface area contributed by atoms with Gasteiger partial charge in [0, 0.05) is 18.8 Å². The topological polar surface area (TPSA) is 67.4 Å². The zero-order valence-corrected chi connectivity index (χ0v) is 11.9. The molecule has 6 heteroatoms. The van der Waals surface area contributed by atoms with Crippen LogP contribution < -0.4 is 10.0 Å². The summed E-state index contributed by atoms with van der Waals surface area (Å²) in [7, 11) is -1.94. The van der Waals surface area contributed by atoms with Crippen molar-refractivity contribution in [3.05, 3.63) is 24.3 Å². The Hall–Kier alpha value is -1.11. The summed E-state index contributed by atoms with van der Waals surface area (Å²) in [5.41, 5.74) is 0.931. The molecule has 0 spiro atoms. The number of anilines is 1. The van der Waals surface area contributed by atoms with Gasteiger partial charge in [0.15, 0.2) is 0 Å². The van der Waals surface area contributed by atoms with E-state index in [1.807, 2.05) is 0 Å². The van der Waals surface area contributed by atoms with Crippen LogP contribution in [0.4, 0.5) is 5.69 Å². The van der Waals surface area contributed by atoms with E-state index >= 15 is 0 Å². The molecule has 0 radical (unpaired) electrons. The molecule has 1 saturated heterocycles. The van der Waals surface area contributed by atoms with Crippen LogP contribution in [0.5, 0.6) is 0 Å². The highest BCUT2D eigenvalue weighted by molar-refractivity contribution is 7.89. The fourth-order valence-corrected chi connectivity index (χ4v) is 2.83. The van der Waals surface area contributed by atoms with Gasteiger partial charge in [0.2, 0.25) is 10.0 Å². The Labute approximate surface area is 114 Å². The van der Waals surface area contributed by atoms with Gasteiger partial charge in [-0.3, -0.25) is 0 Å². The second-order valence-corrected chi connectivity index (χ2v) is 6.58. The molecule has 1 aromatic rings. The van der Waals surface area contributed by atoms with Gasteiger partial charge in [-0.15, -0.1) is 0 Å². The smallest absolute Gasteiger partial charge is 0.240 e. The van der Waals surface area contributed by atoms with E-state index in [0.717, 1.165) is 31.9 Å². The Morgan fingerprint density at radius 2 is 2.05 bits per heavy atom. The second-order valence-electron chi connectivity index (χ2n) is 4.70. The quantitative estimate of drug-likeness (QED) is 0.858. The Morgan fingerprint density at radius 3 is 2.63 bits per heavy atom. The third-order valence-corrected chi connectivity index (χ3v) is 4.71. The minimum Gasteiger partial charge on any atom is -0.385 e. The van der Waals surface area contributed by atoms with Crippen molar-refractivity contribution >= 4 is 15.7 Å². The molecule has 106 valence electrons. The number of benzene rings is 1. The molecule has 1 aliphatic rings. The predicted octanol–water partition coefficient (Wildman–Crippen LogP) is 1.43. The molecule has 0 aliphatic carbocycles. The standard InChI is InChI=1S/C13H20N2O3S/c1-14-19(16,17)13-6-4-12(5-7-13)15-9-11-3-2-8-18-10-11/h4-7,11,14-15H,2-3,8-10H2,1H3. The second kappa shape index (κ2) is 6.36. The van der Waals surface area contributed by atoms with Crippen molar-refractivity contribution in [2.45, 2.75) is 17.7 Å². The highest BCUT2D eigenvalue weighted by Gasteiger charge is 2.14. The number of hydrogen-bond acceptors (Lipinski definition) is 4. The van der Waals surface area contributed by atoms with E-state index in [4.69, 9.17) is 4.74 Å². The van der Waals surface area contributed by atoms with E-state index in [-0.39, 0.29) is 4.90 Å². The molecule has 2 N–H and O–H groups in total.